The van der Waals surface area contributed by atoms with Crippen LogP contribution >= 0.6 is 0 Å². The highest BCUT2D eigenvalue weighted by molar-refractivity contribution is 6.00. The zero-order valence-corrected chi connectivity index (χ0v) is 69.3. The highest BCUT2D eigenvalue weighted by atomic mass is 16.5. The van der Waals surface area contributed by atoms with E-state index in [-0.39, 0.29) is 75.0 Å². The van der Waals surface area contributed by atoms with Gasteiger partial charge < -0.3 is 70.7 Å². The van der Waals surface area contributed by atoms with E-state index >= 15 is 47.9 Å². The van der Waals surface area contributed by atoms with Crippen molar-refractivity contribution in [3.63, 3.8) is 0 Å². The summed E-state index contributed by atoms with van der Waals surface area (Å²) in [6.07, 6.45) is -0.382. The first-order valence-electron chi connectivity index (χ1n) is 39.7. The molecule has 2 aliphatic rings. The van der Waals surface area contributed by atoms with Crippen LogP contribution in [0.4, 0.5) is 0 Å². The number of carbonyl (C=O) groups excluding carboxylic acids is 12. The molecule has 0 radical (unpaired) electrons. The Balaban J connectivity index is 1.58. The number of likely N-dealkylation sites (N-methyl/N-ethyl adjacent to an activating group) is 6. The maximum absolute atomic E-state index is 16.0. The number of piperidine rings is 1. The van der Waals surface area contributed by atoms with Gasteiger partial charge in [0.05, 0.1) is 24.7 Å². The monoisotopic (exact) mass is 1550 g/mol. The highest BCUT2D eigenvalue weighted by Gasteiger charge is 2.45. The smallest absolute Gasteiger partial charge is 0.248 e. The van der Waals surface area contributed by atoms with E-state index in [1.807, 2.05) is 61.5 Å². The molecule has 2 saturated heterocycles. The number of benzene rings is 4. The number of hydrogen-bond donors (Lipinski definition) is 6. The minimum absolute atomic E-state index is 0.0204. The third kappa shape index (κ3) is 26.8. The number of hydrogen-bond acceptors (Lipinski definition) is 14. The van der Waals surface area contributed by atoms with Crippen molar-refractivity contribution in [2.24, 2.45) is 23.7 Å². The largest absolute Gasteiger partial charge is 0.391 e. The normalized spacial score (nSPS) is 24.3. The van der Waals surface area contributed by atoms with Crippen molar-refractivity contribution < 1.29 is 67.4 Å². The second-order valence-corrected chi connectivity index (χ2v) is 33.1. The fourth-order valence-corrected chi connectivity index (χ4v) is 14.4. The Morgan fingerprint density at radius 1 is 0.393 bits per heavy atom. The SMILES string of the molecule is CC(C)C[C@@H]1NC(=O)[C@H](Cc2ccccc2)N(C)C(=O)[C@H](COC(C)(C)C)NC(=O)[C@H](Cc2ccccc2)N(C)C(=O)[C@H](Cc2ccccc2)N(C)C(=O)[C@H](CC(C)C)N(C)C(=O)[C@@H](CC(C)C)NC(=O)C[C@@H](C(=O)N2CCCCC2)NC(=O)[C@H](Cc2ccccc2)N(C)C(=O)[C@H]([C@@H](C)O)NC(=O)[C@H](CC(C)C)N(C)C1=O. The van der Waals surface area contributed by atoms with Crippen LogP contribution in [0.5, 0.6) is 0 Å². The Morgan fingerprint density at radius 2 is 0.714 bits per heavy atom. The molecule has 2 heterocycles. The molecule has 2 fully saturated rings. The lowest BCUT2D eigenvalue weighted by atomic mass is 9.96. The van der Waals surface area contributed by atoms with Gasteiger partial charge in [0.15, 0.2) is 0 Å². The van der Waals surface area contributed by atoms with Crippen LogP contribution in [0.25, 0.3) is 0 Å². The van der Waals surface area contributed by atoms with Gasteiger partial charge in [0, 0.05) is 81.1 Å². The Labute approximate surface area is 663 Å². The summed E-state index contributed by atoms with van der Waals surface area (Å²) >= 11 is 0. The molecule has 4 aromatic rings. The predicted molar refractivity (Wildman–Crippen MR) is 430 cm³/mol. The summed E-state index contributed by atoms with van der Waals surface area (Å²) in [6, 6.07) is 19.9. The van der Waals surface area contributed by atoms with E-state index in [2.05, 4.69) is 26.6 Å². The molecule has 2 aliphatic heterocycles. The van der Waals surface area contributed by atoms with Gasteiger partial charge in [0.25, 0.3) is 0 Å². The fourth-order valence-electron chi connectivity index (χ4n) is 14.4. The summed E-state index contributed by atoms with van der Waals surface area (Å²) < 4.78 is 6.33. The van der Waals surface area contributed by atoms with E-state index < -0.39 is 162 Å². The molecule has 26 heteroatoms. The third-order valence-electron chi connectivity index (χ3n) is 20.8. The number of amides is 12. The molecule has 12 atom stereocenters. The van der Waals surface area contributed by atoms with Crippen LogP contribution in [-0.4, -0.2) is 250 Å². The number of carbonyl (C=O) groups is 12. The van der Waals surface area contributed by atoms with Crippen LogP contribution in [-0.2, 0) is 88.0 Å². The summed E-state index contributed by atoms with van der Waals surface area (Å²) in [5.74, 6) is -10.1. The summed E-state index contributed by atoms with van der Waals surface area (Å²) in [6.45, 7) is 21.6. The number of aliphatic hydroxyl groups excluding tert-OH is 1. The van der Waals surface area contributed by atoms with Crippen molar-refractivity contribution >= 4 is 70.9 Å². The summed E-state index contributed by atoms with van der Waals surface area (Å²) in [5.41, 5.74) is 1.60. The Hall–Kier alpha value is -9.56. The molecule has 0 aliphatic carbocycles. The average molecular weight is 1550 g/mol. The van der Waals surface area contributed by atoms with E-state index in [0.29, 0.717) is 48.2 Å². The lowest BCUT2D eigenvalue weighted by molar-refractivity contribution is -0.153. The summed E-state index contributed by atoms with van der Waals surface area (Å²) in [7, 11) is 8.51. The van der Waals surface area contributed by atoms with Crippen LogP contribution < -0.4 is 26.6 Å². The molecule has 6 N–H and O–H groups in total. The fraction of sp³-hybridized carbons (Fsp3) is 0.581. The van der Waals surface area contributed by atoms with Gasteiger partial charge in [-0.15, -0.1) is 0 Å². The summed E-state index contributed by atoms with van der Waals surface area (Å²) in [4.78, 5) is 194. The molecule has 4 aromatic carbocycles. The third-order valence-corrected chi connectivity index (χ3v) is 20.8. The van der Waals surface area contributed by atoms with Crippen LogP contribution in [0.2, 0.25) is 0 Å². The maximum atomic E-state index is 16.0. The molecule has 0 aromatic heterocycles. The van der Waals surface area contributed by atoms with Gasteiger partial charge in [-0.3, -0.25) is 57.5 Å². The van der Waals surface area contributed by atoms with Crippen molar-refractivity contribution in [3.8, 4) is 0 Å². The Morgan fingerprint density at radius 3 is 1.12 bits per heavy atom. The number of likely N-dealkylation sites (tertiary alicyclic amines) is 1. The Bertz CT molecular complexity index is 3780. The van der Waals surface area contributed by atoms with Gasteiger partial charge in [-0.1, -0.05) is 177 Å². The summed E-state index contributed by atoms with van der Waals surface area (Å²) in [5, 5.41) is 26.0. The van der Waals surface area contributed by atoms with E-state index in [1.54, 1.807) is 141 Å². The van der Waals surface area contributed by atoms with Gasteiger partial charge in [-0.05, 0) is 119 Å². The van der Waals surface area contributed by atoms with Gasteiger partial charge >= 0.3 is 0 Å². The first-order valence-corrected chi connectivity index (χ1v) is 39.7. The number of nitrogens with one attached hydrogen (secondary N) is 5. The van der Waals surface area contributed by atoms with Gasteiger partial charge in [-0.2, -0.15) is 0 Å². The minimum atomic E-state index is -1.75. The van der Waals surface area contributed by atoms with Crippen LogP contribution in [0, 0.1) is 23.7 Å². The van der Waals surface area contributed by atoms with Gasteiger partial charge in [0.1, 0.15) is 66.5 Å². The molecule has 26 nitrogen and oxygen atoms in total. The second-order valence-electron chi connectivity index (χ2n) is 33.1. The predicted octanol–water partition coefficient (Wildman–Crippen LogP) is 6.14. The number of nitrogens with zero attached hydrogens (tertiary/aromatic N) is 7. The van der Waals surface area contributed by atoms with Crippen molar-refractivity contribution in [2.75, 3.05) is 62.0 Å². The molecule has 0 bridgehead atoms. The molecular weight excluding hydrogens is 1430 g/mol. The standard InChI is InChI=1S/C86H126N12O14/c1-54(2)44-63-79(105)96(17)71(47-57(7)8)83(109)97(18)72(51-62-40-30-22-31-41-62)84(110)94(15)69(49-60-36-26-20-27-37-60)77(103)90-66(53-112-86(10,11)12)81(107)93(14)68(48-59-34-24-19-25-35-59)75(101)88-64(45-55(3)4)80(106)92(13)67(46-56(5)6)78(104)91-74(58(9)99)85(111)95(16)70(50-61-38-28-21-29-39-61)76(102)89-65(52-73(100)87-63)82(108)98-42-32-23-33-43-98/h19-22,24-31,34-41,54-58,63-72,74,99H,23,32-33,42-53H2,1-18H3,(H,87,100)(H,88,101)(H,89,102)(H,90,103)(H,91,104)/t58-,63-,64+,65+,66+,67+,68+,69+,70+,71+,72+,74+/m1/s1. The molecule has 0 spiro atoms. The van der Waals surface area contributed by atoms with Gasteiger partial charge in [0.2, 0.25) is 70.9 Å². The molecule has 614 valence electrons. The van der Waals surface area contributed by atoms with Crippen molar-refractivity contribution in [2.45, 2.75) is 238 Å². The van der Waals surface area contributed by atoms with Gasteiger partial charge in [-0.25, -0.2) is 0 Å². The lowest BCUT2D eigenvalue weighted by Gasteiger charge is -2.39. The van der Waals surface area contributed by atoms with Crippen molar-refractivity contribution in [1.82, 2.24) is 60.9 Å². The van der Waals surface area contributed by atoms with Crippen molar-refractivity contribution in [3.05, 3.63) is 144 Å². The molecule has 0 saturated carbocycles. The van der Waals surface area contributed by atoms with E-state index in [1.165, 1.54) is 73.7 Å². The number of rotatable bonds is 20. The zero-order valence-electron chi connectivity index (χ0n) is 69.3. The first-order chi connectivity index (χ1) is 52.8. The maximum Gasteiger partial charge on any atom is 0.248 e. The van der Waals surface area contributed by atoms with Crippen molar-refractivity contribution in [1.29, 1.82) is 0 Å². The van der Waals surface area contributed by atoms with Crippen LogP contribution in [0.15, 0.2) is 121 Å². The Kier molecular flexibility index (Phi) is 35.0. The minimum Gasteiger partial charge on any atom is -0.391 e. The van der Waals surface area contributed by atoms with E-state index in [0.717, 1.165) is 11.3 Å². The number of aliphatic hydroxyl groups is 1. The molecule has 112 heavy (non-hydrogen) atoms. The molecule has 6 rings (SSSR count). The number of ether oxygens (including phenoxy) is 1. The van der Waals surface area contributed by atoms with Crippen LogP contribution in [0.3, 0.4) is 0 Å². The first kappa shape index (κ1) is 91.3. The topological polar surface area (TPSA) is 317 Å². The van der Waals surface area contributed by atoms with E-state index in [4.69, 9.17) is 4.74 Å². The molecular formula is C86H126N12O14. The highest BCUT2D eigenvalue weighted by Crippen LogP contribution is 2.25. The molecule has 0 unspecified atom stereocenters. The average Bonchev–Trinajstić information content (AvgIpc) is 0.774. The molecule has 12 amide bonds. The lowest BCUT2D eigenvalue weighted by Crippen LogP contribution is -2.63. The second kappa shape index (κ2) is 42.9. The van der Waals surface area contributed by atoms with E-state index in [9.17, 15) is 14.7 Å². The zero-order chi connectivity index (χ0) is 83.0. The van der Waals surface area contributed by atoms with Crippen LogP contribution in [0.1, 0.15) is 157 Å². The quantitative estimate of drug-likeness (QED) is 0.0579.